The van der Waals surface area contributed by atoms with Gasteiger partial charge in [0.15, 0.2) is 6.29 Å². The van der Waals surface area contributed by atoms with Crippen molar-refractivity contribution in [2.24, 2.45) is 0 Å². The Labute approximate surface area is 121 Å². The number of carbonyl (C=O) groups excluding carboxylic acids is 1. The van der Waals surface area contributed by atoms with Crippen molar-refractivity contribution < 1.29 is 66.2 Å². The summed E-state index contributed by atoms with van der Waals surface area (Å²) in [7, 11) is 0. The Hall–Kier alpha value is -0.544. The zero-order valence-electron chi connectivity index (χ0n) is 7.26. The molecule has 1 aromatic rings. The molecule has 14 heavy (non-hydrogen) atoms. The molecule has 0 aromatic carbocycles. The van der Waals surface area contributed by atoms with Gasteiger partial charge in [-0.05, 0) is 0 Å². The summed E-state index contributed by atoms with van der Waals surface area (Å²) in [6, 6.07) is 0. The van der Waals surface area contributed by atoms with Crippen LogP contribution in [0.4, 0.5) is 5.69 Å². The maximum absolute atomic E-state index is 10.3. The Bertz CT molecular complexity index is 373. The molecule has 7 nitrogen and oxygen atoms in total. The molecule has 0 fully saturated rings. The van der Waals surface area contributed by atoms with E-state index in [1.54, 1.807) is 0 Å². The third-order valence-corrected chi connectivity index (χ3v) is 1.36. The second-order valence-corrected chi connectivity index (χ2v) is 2.08. The number of aldehydes is 1. The van der Waals surface area contributed by atoms with Crippen LogP contribution in [-0.4, -0.2) is 21.4 Å². The predicted octanol–water partition coefficient (Wildman–Crippen LogP) is -3.78. The van der Waals surface area contributed by atoms with E-state index in [2.05, 4.69) is 10.2 Å². The fraction of sp³-hybridized carbons (Fsp3) is 0. The van der Waals surface area contributed by atoms with E-state index in [1.165, 1.54) is 0 Å². The monoisotopic (exact) mass is 221 g/mol. The van der Waals surface area contributed by atoms with Crippen LogP contribution in [0, 0.1) is 10.1 Å². The number of allylic oxidation sites excluding steroid dienone is 1. The minimum absolute atomic E-state index is 0. The first-order chi connectivity index (χ1) is 6.20. The number of rotatable bonds is 3. The summed E-state index contributed by atoms with van der Waals surface area (Å²) < 4.78 is 0. The van der Waals surface area contributed by atoms with Gasteiger partial charge in [-0.1, -0.05) is 0 Å². The molecule has 1 N–H and O–H groups in total. The maximum atomic E-state index is 10.3. The number of hydrogen-bond acceptors (Lipinski definition) is 5. The molecule has 1 aromatic heterocycles. The summed E-state index contributed by atoms with van der Waals surface area (Å²) in [5.74, 6) is 0. The molecule has 68 valence electrons. The predicted molar refractivity (Wildman–Crippen MR) is 39.3 cm³/mol. The number of nitrogens with one attached hydrogen (secondary N) is 1. The molecule has 0 unspecified atom stereocenters. The molecule has 0 aliphatic heterocycles. The first-order valence-corrected chi connectivity index (χ1v) is 3.16. The minimum Gasteiger partial charge on any atom is -0.877 e. The quantitative estimate of drug-likeness (QED) is 0.140. The number of nitro groups is 1. The fourth-order valence-corrected chi connectivity index (χ4v) is 0.776. The van der Waals surface area contributed by atoms with E-state index in [0.717, 1.165) is 6.20 Å². The van der Waals surface area contributed by atoms with Gasteiger partial charge in [0.2, 0.25) is 0 Å². The standard InChI is InChI=1S/C6H5N3O4.K/c10-2-4(3-11)6-5(9(12)13)1-7-8-6;/h1-3,10H,(H,7,8);/q;+1/p-1/b4-2-;. The Morgan fingerprint density at radius 1 is 1.64 bits per heavy atom. The number of aromatic nitrogens is 2. The van der Waals surface area contributed by atoms with E-state index >= 15 is 0 Å². The molecule has 0 radical (unpaired) electrons. The largest absolute Gasteiger partial charge is 1.00 e. The molecule has 0 amide bonds. The first kappa shape index (κ1) is 13.5. The van der Waals surface area contributed by atoms with Crippen LogP contribution in [0.15, 0.2) is 12.5 Å². The maximum Gasteiger partial charge on any atom is 1.00 e. The number of H-pyrrole nitrogens is 1. The van der Waals surface area contributed by atoms with Gasteiger partial charge in [0.25, 0.3) is 0 Å². The van der Waals surface area contributed by atoms with Gasteiger partial charge in [0.1, 0.15) is 11.9 Å². The van der Waals surface area contributed by atoms with Gasteiger partial charge in [-0.15, -0.1) is 6.26 Å². The Balaban J connectivity index is 0.00000169. The fourth-order valence-electron chi connectivity index (χ4n) is 0.776. The van der Waals surface area contributed by atoms with E-state index in [4.69, 9.17) is 0 Å². The molecule has 0 saturated carbocycles. The van der Waals surface area contributed by atoms with Gasteiger partial charge in [-0.2, -0.15) is 5.10 Å². The third-order valence-electron chi connectivity index (χ3n) is 1.36. The summed E-state index contributed by atoms with van der Waals surface area (Å²) in [6.07, 6.45) is 1.39. The summed E-state index contributed by atoms with van der Waals surface area (Å²) in [6.45, 7) is 0. The number of hydrogen-bond donors (Lipinski definition) is 1. The smallest absolute Gasteiger partial charge is 0.877 e. The Morgan fingerprint density at radius 2 is 2.29 bits per heavy atom. The van der Waals surface area contributed by atoms with Crippen molar-refractivity contribution in [2.75, 3.05) is 0 Å². The van der Waals surface area contributed by atoms with Crippen LogP contribution >= 0.6 is 0 Å². The van der Waals surface area contributed by atoms with Gasteiger partial charge in [-0.3, -0.25) is 20.0 Å². The van der Waals surface area contributed by atoms with Crippen LogP contribution in [0.5, 0.6) is 0 Å². The Kier molecular flexibility index (Phi) is 5.80. The van der Waals surface area contributed by atoms with Gasteiger partial charge in [0.05, 0.1) is 4.92 Å². The van der Waals surface area contributed by atoms with Gasteiger partial charge < -0.3 is 5.11 Å². The molecule has 0 spiro atoms. The molecular formula is C6H4KN3O4. The van der Waals surface area contributed by atoms with Crippen LogP contribution in [0.2, 0.25) is 0 Å². The summed E-state index contributed by atoms with van der Waals surface area (Å²) >= 11 is 0. The van der Waals surface area contributed by atoms with Crippen LogP contribution < -0.4 is 56.5 Å². The van der Waals surface area contributed by atoms with E-state index in [0.29, 0.717) is 0 Å². The molecule has 8 heteroatoms. The zero-order valence-corrected chi connectivity index (χ0v) is 10.4. The van der Waals surface area contributed by atoms with Gasteiger partial charge >= 0.3 is 57.1 Å². The Morgan fingerprint density at radius 3 is 2.71 bits per heavy atom. The van der Waals surface area contributed by atoms with E-state index in [9.17, 15) is 20.0 Å². The van der Waals surface area contributed by atoms with Crippen LogP contribution in [-0.2, 0) is 4.79 Å². The van der Waals surface area contributed by atoms with E-state index in [-0.39, 0.29) is 75.2 Å². The molecule has 0 bridgehead atoms. The number of aromatic amines is 1. The van der Waals surface area contributed by atoms with Gasteiger partial charge in [0, 0.05) is 5.57 Å². The molecule has 0 atom stereocenters. The van der Waals surface area contributed by atoms with E-state index < -0.39 is 10.6 Å². The zero-order chi connectivity index (χ0) is 9.84. The summed E-state index contributed by atoms with van der Waals surface area (Å²) in [4.78, 5) is 19.9. The molecule has 0 aliphatic carbocycles. The second-order valence-electron chi connectivity index (χ2n) is 2.08. The topological polar surface area (TPSA) is 112 Å². The van der Waals surface area contributed by atoms with Crippen molar-refractivity contribution in [3.63, 3.8) is 0 Å². The summed E-state index contributed by atoms with van der Waals surface area (Å²) in [5, 5.41) is 26.1. The van der Waals surface area contributed by atoms with Crippen LogP contribution in [0.3, 0.4) is 0 Å². The van der Waals surface area contributed by atoms with E-state index in [1.807, 2.05) is 0 Å². The summed E-state index contributed by atoms with van der Waals surface area (Å²) in [5.41, 5.74) is -0.895. The number of carbonyl (C=O) groups is 1. The molecule has 0 saturated heterocycles. The average Bonchev–Trinajstić information content (AvgIpc) is 2.55. The SMILES string of the molecule is O=C/C(=C/[O-])c1[nH]ncc1[N+](=O)[O-].[K+]. The number of nitrogens with zero attached hydrogens (tertiary/aromatic N) is 2. The van der Waals surface area contributed by atoms with Crippen molar-refractivity contribution in [3.8, 4) is 0 Å². The average molecular weight is 221 g/mol. The normalized spacial score (nSPS) is 10.4. The molecular weight excluding hydrogens is 217 g/mol. The molecule has 1 rings (SSSR count). The van der Waals surface area contributed by atoms with Crippen molar-refractivity contribution in [3.05, 3.63) is 28.3 Å². The van der Waals surface area contributed by atoms with Crippen molar-refractivity contribution in [1.82, 2.24) is 10.2 Å². The van der Waals surface area contributed by atoms with Gasteiger partial charge in [-0.25, -0.2) is 0 Å². The minimum atomic E-state index is -0.730. The van der Waals surface area contributed by atoms with Crippen molar-refractivity contribution in [1.29, 1.82) is 0 Å². The molecule has 0 aliphatic rings. The molecule has 1 heterocycles. The van der Waals surface area contributed by atoms with Crippen molar-refractivity contribution >= 4 is 17.5 Å². The van der Waals surface area contributed by atoms with Crippen LogP contribution in [0.1, 0.15) is 5.69 Å². The third kappa shape index (κ3) is 2.72. The van der Waals surface area contributed by atoms with Crippen molar-refractivity contribution in [2.45, 2.75) is 0 Å². The second kappa shape index (κ2) is 6.04. The first-order valence-electron chi connectivity index (χ1n) is 3.16. The van der Waals surface area contributed by atoms with Crippen LogP contribution in [0.25, 0.3) is 5.57 Å².